The predicted molar refractivity (Wildman–Crippen MR) is 185 cm³/mol. The van der Waals surface area contributed by atoms with E-state index in [1.165, 1.54) is 12.1 Å². The molecule has 1 saturated carbocycles. The van der Waals surface area contributed by atoms with Crippen LogP contribution in [0.2, 0.25) is 0 Å². The maximum Gasteiger partial charge on any atom is 0.264 e. The smallest absolute Gasteiger partial charge is 0.264 e. The molecule has 4 bridgehead atoms. The van der Waals surface area contributed by atoms with Gasteiger partial charge in [0, 0.05) is 29.8 Å². The molecule has 1 N–H and O–H groups in total. The number of anilines is 2. The van der Waals surface area contributed by atoms with E-state index < -0.39 is 16.1 Å². The average Bonchev–Trinajstić information content (AvgIpc) is 3.80. The van der Waals surface area contributed by atoms with Crippen LogP contribution in [0.3, 0.4) is 0 Å². The highest BCUT2D eigenvalue weighted by Gasteiger charge is 2.32. The quantitative estimate of drug-likeness (QED) is 0.260. The molecule has 7 rings (SSSR count). The lowest BCUT2D eigenvalue weighted by Gasteiger charge is -2.32. The van der Waals surface area contributed by atoms with E-state index in [0.717, 1.165) is 61.2 Å². The number of carbonyl (C=O) groups is 1. The molecule has 0 spiro atoms. The third-order valence-corrected chi connectivity index (χ3v) is 10.7. The largest absolute Gasteiger partial charge is 0.475 e. The number of carbonyl (C=O) groups excluding carboxylic acids is 1. The highest BCUT2D eigenvalue weighted by Crippen LogP contribution is 2.31. The number of sulfonamides is 1. The van der Waals surface area contributed by atoms with Crippen LogP contribution in [-0.2, 0) is 21.3 Å². The lowest BCUT2D eigenvalue weighted by atomic mass is 10.00. The van der Waals surface area contributed by atoms with Crippen molar-refractivity contribution in [3.8, 4) is 17.1 Å². The van der Waals surface area contributed by atoms with Crippen LogP contribution < -0.4 is 14.4 Å². The van der Waals surface area contributed by atoms with E-state index in [2.05, 4.69) is 31.5 Å². The zero-order valence-electron chi connectivity index (χ0n) is 28.0. The molecule has 4 aromatic rings. The van der Waals surface area contributed by atoms with Gasteiger partial charge < -0.3 is 19.3 Å². The summed E-state index contributed by atoms with van der Waals surface area (Å²) in [6.45, 7) is 7.40. The number of benzene rings is 2. The number of fused-ring (bicyclic) bond motifs is 4. The molecule has 13 heteroatoms. The van der Waals surface area contributed by atoms with Crippen molar-refractivity contribution in [3.05, 3.63) is 83.3 Å². The fraction of sp³-hybridized carbons (Fsp3) is 0.417. The Labute approximate surface area is 287 Å². The normalized spacial score (nSPS) is 20.5. The number of nitrogens with zero attached hydrogens (tertiary/aromatic N) is 6. The molecule has 0 radical (unpaired) electrons. The second-order valence-electron chi connectivity index (χ2n) is 13.0. The van der Waals surface area contributed by atoms with Crippen molar-refractivity contribution in [2.24, 2.45) is 0 Å². The Kier molecular flexibility index (Phi) is 9.21. The summed E-state index contributed by atoms with van der Waals surface area (Å²) in [6.07, 6.45) is 8.71. The Morgan fingerprint density at radius 1 is 0.980 bits per heavy atom. The number of amides is 1. The predicted octanol–water partition coefficient (Wildman–Crippen LogP) is 5.31. The molecule has 1 amide bonds. The van der Waals surface area contributed by atoms with Gasteiger partial charge in [-0.25, -0.2) is 23.1 Å². The molecule has 1 saturated heterocycles. The van der Waals surface area contributed by atoms with Gasteiger partial charge in [0.15, 0.2) is 0 Å². The zero-order chi connectivity index (χ0) is 34.1. The first-order valence-electron chi connectivity index (χ1n) is 16.9. The maximum atomic E-state index is 14.5. The third kappa shape index (κ3) is 7.23. The summed E-state index contributed by atoms with van der Waals surface area (Å²) in [7, 11) is -4.18. The number of nitrogens with one attached hydrogen (secondary N) is 1. The first kappa shape index (κ1) is 32.9. The lowest BCUT2D eigenvalue weighted by molar-refractivity contribution is 0.0209. The van der Waals surface area contributed by atoms with Gasteiger partial charge in [0.1, 0.15) is 12.4 Å². The molecule has 256 valence electrons. The van der Waals surface area contributed by atoms with Crippen molar-refractivity contribution in [1.82, 2.24) is 24.8 Å². The Bertz CT molecular complexity index is 1950. The van der Waals surface area contributed by atoms with Crippen molar-refractivity contribution < 1.29 is 22.7 Å². The number of aryl methyl sites for hydroxylation is 2. The maximum absolute atomic E-state index is 14.5. The van der Waals surface area contributed by atoms with Crippen LogP contribution >= 0.6 is 0 Å². The van der Waals surface area contributed by atoms with Gasteiger partial charge in [0.05, 0.1) is 54.0 Å². The summed E-state index contributed by atoms with van der Waals surface area (Å²) < 4.78 is 42.5. The van der Waals surface area contributed by atoms with Crippen LogP contribution in [0, 0.1) is 13.8 Å². The molecular formula is C36H41N7O5S. The topological polar surface area (TPSA) is 140 Å². The van der Waals surface area contributed by atoms with E-state index in [1.807, 2.05) is 32.0 Å². The van der Waals surface area contributed by atoms with Crippen molar-refractivity contribution in [2.45, 2.75) is 82.5 Å². The average molecular weight is 684 g/mol. The fourth-order valence-corrected chi connectivity index (χ4v) is 7.63. The minimum absolute atomic E-state index is 0.0324. The first-order valence-corrected chi connectivity index (χ1v) is 18.4. The Morgan fingerprint density at radius 3 is 2.55 bits per heavy atom. The Balaban J connectivity index is 1.31. The van der Waals surface area contributed by atoms with Crippen LogP contribution in [0.5, 0.6) is 5.88 Å². The summed E-state index contributed by atoms with van der Waals surface area (Å²) in [6, 6.07) is 13.4. The summed E-state index contributed by atoms with van der Waals surface area (Å²) in [5, 5.41) is 0. The fourth-order valence-electron chi connectivity index (χ4n) is 6.64. The SMILES string of the molecule is CC[C@H]1CCCN1c1cncc(CN2C(=O)c3cccc(c3)S(=O)(=O)Nc3nc(cc(-c4c(C)cccc4C)n3)OC[C@H]2COC2CC2)n1. The number of aromatic nitrogens is 4. The Morgan fingerprint density at radius 2 is 1.78 bits per heavy atom. The molecule has 2 aliphatic heterocycles. The van der Waals surface area contributed by atoms with Crippen LogP contribution in [0.15, 0.2) is 65.8 Å². The van der Waals surface area contributed by atoms with Gasteiger partial charge in [-0.05, 0) is 75.3 Å². The van der Waals surface area contributed by atoms with E-state index in [-0.39, 0.29) is 54.1 Å². The van der Waals surface area contributed by atoms with Gasteiger partial charge in [-0.3, -0.25) is 9.78 Å². The highest BCUT2D eigenvalue weighted by molar-refractivity contribution is 7.92. The molecule has 2 atom stereocenters. The van der Waals surface area contributed by atoms with Crippen LogP contribution in [0.4, 0.5) is 11.8 Å². The summed E-state index contributed by atoms with van der Waals surface area (Å²) >= 11 is 0. The van der Waals surface area contributed by atoms with Crippen molar-refractivity contribution in [1.29, 1.82) is 0 Å². The van der Waals surface area contributed by atoms with E-state index in [0.29, 0.717) is 17.4 Å². The lowest BCUT2D eigenvalue weighted by Crippen LogP contribution is -2.46. The van der Waals surface area contributed by atoms with Gasteiger partial charge >= 0.3 is 0 Å². The number of hydrogen-bond donors (Lipinski definition) is 1. The van der Waals surface area contributed by atoms with E-state index in [9.17, 15) is 13.2 Å². The second-order valence-corrected chi connectivity index (χ2v) is 14.7. The number of hydrogen-bond acceptors (Lipinski definition) is 10. The van der Waals surface area contributed by atoms with Gasteiger partial charge in [-0.2, -0.15) is 4.98 Å². The number of rotatable bonds is 8. The molecule has 3 aliphatic rings. The molecule has 4 heterocycles. The van der Waals surface area contributed by atoms with E-state index in [1.54, 1.807) is 35.5 Å². The third-order valence-electron chi connectivity index (χ3n) is 9.38. The molecule has 12 nitrogen and oxygen atoms in total. The highest BCUT2D eigenvalue weighted by atomic mass is 32.2. The van der Waals surface area contributed by atoms with Gasteiger partial charge in [-0.1, -0.05) is 31.2 Å². The van der Waals surface area contributed by atoms with Crippen molar-refractivity contribution in [2.75, 3.05) is 29.4 Å². The van der Waals surface area contributed by atoms with Crippen LogP contribution in [0.1, 0.15) is 66.2 Å². The monoisotopic (exact) mass is 683 g/mol. The minimum Gasteiger partial charge on any atom is -0.475 e. The summed E-state index contributed by atoms with van der Waals surface area (Å²) in [5.41, 5.74) is 4.13. The van der Waals surface area contributed by atoms with Crippen molar-refractivity contribution >= 4 is 27.7 Å². The summed E-state index contributed by atoms with van der Waals surface area (Å²) in [5.74, 6) is 0.446. The van der Waals surface area contributed by atoms with Gasteiger partial charge in [-0.15, -0.1) is 0 Å². The van der Waals surface area contributed by atoms with Gasteiger partial charge in [0.25, 0.3) is 15.9 Å². The molecule has 1 aliphatic carbocycles. The Hall–Kier alpha value is -4.62. The van der Waals surface area contributed by atoms with E-state index in [4.69, 9.17) is 14.5 Å². The molecular weight excluding hydrogens is 643 g/mol. The molecule has 2 aromatic heterocycles. The van der Waals surface area contributed by atoms with Crippen LogP contribution in [0.25, 0.3) is 11.3 Å². The standard InChI is InChI=1S/C36H41N7O5S/c1-4-27-11-7-15-42(27)32-19-37-18-26(38-32)20-43-28(21-47-29-13-14-29)22-48-33-17-31(34-23(2)8-5-9-24(34)3)39-36(40-33)41-49(45,46)30-12-6-10-25(16-30)35(43)44/h5-6,8-10,12,16-19,27-29H,4,7,11,13-15,20-22H2,1-3H3,(H,39,40,41)/t27-,28+/m0/s1. The first-order chi connectivity index (χ1) is 23.7. The summed E-state index contributed by atoms with van der Waals surface area (Å²) in [4.78, 5) is 36.9. The molecule has 2 fully saturated rings. The zero-order valence-corrected chi connectivity index (χ0v) is 28.8. The molecule has 2 aromatic carbocycles. The molecule has 0 unspecified atom stereocenters. The second kappa shape index (κ2) is 13.7. The van der Waals surface area contributed by atoms with E-state index >= 15 is 0 Å². The minimum atomic E-state index is -4.18. The van der Waals surface area contributed by atoms with Crippen LogP contribution in [-0.4, -0.2) is 77.1 Å². The number of ether oxygens (including phenoxy) is 2. The van der Waals surface area contributed by atoms with Gasteiger partial charge in [0.2, 0.25) is 11.8 Å². The van der Waals surface area contributed by atoms with Crippen molar-refractivity contribution in [3.63, 3.8) is 0 Å². The molecule has 49 heavy (non-hydrogen) atoms.